The fraction of sp³-hybridized carbons (Fsp3) is 0.308. The summed E-state index contributed by atoms with van der Waals surface area (Å²) in [5, 5.41) is 9.88. The number of nitrogens with one attached hydrogen (secondary N) is 1. The number of carbonyl (C=O) groups is 1. The number of aromatic amines is 1. The van der Waals surface area contributed by atoms with Gasteiger partial charge in [-0.3, -0.25) is 4.79 Å². The SMILES string of the molecule is Cc1cc2[nH]cc(C[C@H](N)C(=O)O)c2cc1C. The number of hydrogen-bond acceptors (Lipinski definition) is 2. The fourth-order valence-corrected chi connectivity index (χ4v) is 1.94. The molecule has 0 bridgehead atoms. The summed E-state index contributed by atoms with van der Waals surface area (Å²) in [4.78, 5) is 13.9. The van der Waals surface area contributed by atoms with E-state index in [-0.39, 0.29) is 0 Å². The highest BCUT2D eigenvalue weighted by Gasteiger charge is 2.15. The first-order valence-electron chi connectivity index (χ1n) is 5.54. The van der Waals surface area contributed by atoms with E-state index in [9.17, 15) is 4.79 Å². The number of aryl methyl sites for hydroxylation is 2. The van der Waals surface area contributed by atoms with E-state index < -0.39 is 12.0 Å². The Morgan fingerprint density at radius 3 is 2.71 bits per heavy atom. The number of carboxylic acids is 1. The van der Waals surface area contributed by atoms with E-state index >= 15 is 0 Å². The smallest absolute Gasteiger partial charge is 0.320 e. The van der Waals surface area contributed by atoms with Crippen LogP contribution in [0.1, 0.15) is 16.7 Å². The van der Waals surface area contributed by atoms with Gasteiger partial charge in [0, 0.05) is 23.5 Å². The van der Waals surface area contributed by atoms with E-state index in [4.69, 9.17) is 10.8 Å². The van der Waals surface area contributed by atoms with Crippen LogP contribution in [0.2, 0.25) is 0 Å². The molecule has 0 aliphatic rings. The first kappa shape index (κ1) is 11.7. The van der Waals surface area contributed by atoms with Crippen LogP contribution in [0.15, 0.2) is 18.3 Å². The number of hydrogen-bond donors (Lipinski definition) is 3. The minimum absolute atomic E-state index is 0.345. The van der Waals surface area contributed by atoms with Crippen LogP contribution in [-0.4, -0.2) is 22.1 Å². The van der Waals surface area contributed by atoms with Gasteiger partial charge in [0.1, 0.15) is 6.04 Å². The summed E-state index contributed by atoms with van der Waals surface area (Å²) < 4.78 is 0. The molecule has 2 aromatic rings. The Morgan fingerprint density at radius 1 is 1.41 bits per heavy atom. The fourth-order valence-electron chi connectivity index (χ4n) is 1.94. The van der Waals surface area contributed by atoms with Crippen LogP contribution < -0.4 is 5.73 Å². The van der Waals surface area contributed by atoms with E-state index in [0.29, 0.717) is 6.42 Å². The van der Waals surface area contributed by atoms with Gasteiger partial charge in [0.2, 0.25) is 0 Å². The number of H-pyrrole nitrogens is 1. The van der Waals surface area contributed by atoms with Crippen LogP contribution in [0.3, 0.4) is 0 Å². The Hall–Kier alpha value is -1.81. The molecule has 0 saturated carbocycles. The molecule has 90 valence electrons. The van der Waals surface area contributed by atoms with Gasteiger partial charge in [-0.1, -0.05) is 0 Å². The van der Waals surface area contributed by atoms with Crippen molar-refractivity contribution in [2.24, 2.45) is 5.73 Å². The number of carboxylic acid groups (broad SMARTS) is 1. The summed E-state index contributed by atoms with van der Waals surface area (Å²) in [5.41, 5.74) is 9.95. The summed E-state index contributed by atoms with van der Waals surface area (Å²) >= 11 is 0. The third-order valence-corrected chi connectivity index (χ3v) is 3.14. The lowest BCUT2D eigenvalue weighted by molar-refractivity contribution is -0.138. The van der Waals surface area contributed by atoms with Gasteiger partial charge < -0.3 is 15.8 Å². The molecule has 4 nitrogen and oxygen atoms in total. The molecule has 0 spiro atoms. The van der Waals surface area contributed by atoms with Gasteiger partial charge >= 0.3 is 5.97 Å². The zero-order valence-corrected chi connectivity index (χ0v) is 9.95. The molecule has 17 heavy (non-hydrogen) atoms. The van der Waals surface area contributed by atoms with Gasteiger partial charge in [0.25, 0.3) is 0 Å². The van der Waals surface area contributed by atoms with Gasteiger partial charge in [0.15, 0.2) is 0 Å². The van der Waals surface area contributed by atoms with Crippen LogP contribution in [0.25, 0.3) is 10.9 Å². The largest absolute Gasteiger partial charge is 0.480 e. The predicted octanol–water partition coefficient (Wildman–Crippen LogP) is 1.74. The average Bonchev–Trinajstić information content (AvgIpc) is 2.62. The maximum atomic E-state index is 10.7. The van der Waals surface area contributed by atoms with E-state index in [1.807, 2.05) is 13.1 Å². The van der Waals surface area contributed by atoms with Crippen molar-refractivity contribution >= 4 is 16.9 Å². The summed E-state index contributed by atoms with van der Waals surface area (Å²) in [7, 11) is 0. The van der Waals surface area contributed by atoms with Crippen LogP contribution in [0, 0.1) is 13.8 Å². The summed E-state index contributed by atoms with van der Waals surface area (Å²) in [6, 6.07) is 3.29. The van der Waals surface area contributed by atoms with Crippen LogP contribution in [0.5, 0.6) is 0 Å². The molecule has 0 radical (unpaired) electrons. The van der Waals surface area contributed by atoms with E-state index in [0.717, 1.165) is 16.5 Å². The minimum Gasteiger partial charge on any atom is -0.480 e. The van der Waals surface area contributed by atoms with E-state index in [1.54, 1.807) is 0 Å². The number of rotatable bonds is 3. The molecule has 1 aromatic carbocycles. The minimum atomic E-state index is -0.969. The number of benzene rings is 1. The molecule has 2 rings (SSSR count). The van der Waals surface area contributed by atoms with Crippen LogP contribution >= 0.6 is 0 Å². The highest BCUT2D eigenvalue weighted by molar-refractivity contribution is 5.85. The van der Waals surface area contributed by atoms with Crippen LogP contribution in [-0.2, 0) is 11.2 Å². The van der Waals surface area contributed by atoms with Gasteiger partial charge in [-0.15, -0.1) is 0 Å². The van der Waals surface area contributed by atoms with Crippen molar-refractivity contribution in [1.29, 1.82) is 0 Å². The Morgan fingerprint density at radius 2 is 2.06 bits per heavy atom. The molecular formula is C13H16N2O2. The van der Waals surface area contributed by atoms with E-state index in [1.165, 1.54) is 11.1 Å². The van der Waals surface area contributed by atoms with Crippen molar-refractivity contribution < 1.29 is 9.90 Å². The average molecular weight is 232 g/mol. The number of aliphatic carboxylic acids is 1. The summed E-state index contributed by atoms with van der Waals surface area (Å²) in [6.07, 6.45) is 2.18. The first-order valence-corrected chi connectivity index (χ1v) is 5.54. The molecule has 1 aromatic heterocycles. The van der Waals surface area contributed by atoms with Crippen molar-refractivity contribution in [3.8, 4) is 0 Å². The number of aromatic nitrogens is 1. The van der Waals surface area contributed by atoms with Gasteiger partial charge in [-0.2, -0.15) is 0 Å². The zero-order valence-electron chi connectivity index (χ0n) is 9.95. The monoisotopic (exact) mass is 232 g/mol. The molecule has 0 unspecified atom stereocenters. The molecular weight excluding hydrogens is 216 g/mol. The van der Waals surface area contributed by atoms with Gasteiger partial charge in [-0.05, 0) is 42.7 Å². The van der Waals surface area contributed by atoms with Gasteiger partial charge in [0.05, 0.1) is 0 Å². The third-order valence-electron chi connectivity index (χ3n) is 3.14. The number of fused-ring (bicyclic) bond motifs is 1. The zero-order chi connectivity index (χ0) is 12.6. The molecule has 1 atom stereocenters. The molecule has 4 heteroatoms. The van der Waals surface area contributed by atoms with E-state index in [2.05, 4.69) is 24.0 Å². The van der Waals surface area contributed by atoms with Gasteiger partial charge in [-0.25, -0.2) is 0 Å². The molecule has 4 N–H and O–H groups in total. The normalized spacial score (nSPS) is 12.9. The number of nitrogens with two attached hydrogens (primary N) is 1. The summed E-state index contributed by atoms with van der Waals surface area (Å²) in [6.45, 7) is 4.10. The predicted molar refractivity (Wildman–Crippen MR) is 67.1 cm³/mol. The second-order valence-electron chi connectivity index (χ2n) is 4.44. The Balaban J connectivity index is 2.42. The lowest BCUT2D eigenvalue weighted by Crippen LogP contribution is -2.32. The van der Waals surface area contributed by atoms with Crippen molar-refractivity contribution in [2.75, 3.05) is 0 Å². The molecule has 1 heterocycles. The lowest BCUT2D eigenvalue weighted by Gasteiger charge is -2.06. The highest BCUT2D eigenvalue weighted by atomic mass is 16.4. The maximum Gasteiger partial charge on any atom is 0.320 e. The van der Waals surface area contributed by atoms with Crippen molar-refractivity contribution in [2.45, 2.75) is 26.3 Å². The molecule has 0 fully saturated rings. The molecule has 0 saturated heterocycles. The standard InChI is InChI=1S/C13H16N2O2/c1-7-3-10-9(5-11(14)13(16)17)6-15-12(10)4-8(7)2/h3-4,6,11,15H,5,14H2,1-2H3,(H,16,17)/t11-/m0/s1. The van der Waals surface area contributed by atoms with Crippen molar-refractivity contribution in [1.82, 2.24) is 4.98 Å². The topological polar surface area (TPSA) is 79.1 Å². The quantitative estimate of drug-likeness (QED) is 0.754. The Bertz CT molecular complexity index is 572. The maximum absolute atomic E-state index is 10.7. The van der Waals surface area contributed by atoms with Crippen LogP contribution in [0.4, 0.5) is 0 Å². The second-order valence-corrected chi connectivity index (χ2v) is 4.44. The third kappa shape index (κ3) is 2.17. The first-order chi connectivity index (χ1) is 7.99. The van der Waals surface area contributed by atoms with Crippen molar-refractivity contribution in [3.05, 3.63) is 35.0 Å². The second kappa shape index (κ2) is 4.22. The Labute approximate surface area is 99.4 Å². The highest BCUT2D eigenvalue weighted by Crippen LogP contribution is 2.23. The molecule has 0 amide bonds. The summed E-state index contributed by atoms with van der Waals surface area (Å²) in [5.74, 6) is -0.969. The van der Waals surface area contributed by atoms with Crippen molar-refractivity contribution in [3.63, 3.8) is 0 Å². The molecule has 0 aliphatic carbocycles. The Kier molecular flexibility index (Phi) is 2.90. The molecule has 0 aliphatic heterocycles. The lowest BCUT2D eigenvalue weighted by atomic mass is 10.0.